The monoisotopic (exact) mass is 160 g/mol. The quantitative estimate of drug-likeness (QED) is 0.453. The third-order valence-electron chi connectivity index (χ3n) is 1.44. The molecule has 0 aromatic rings. The van der Waals surface area contributed by atoms with Crippen LogP contribution in [0.15, 0.2) is 0 Å². The Labute approximate surface area is 67.7 Å². The average Bonchev–Trinajstić information content (AvgIpc) is 2.04. The summed E-state index contributed by atoms with van der Waals surface area (Å²) in [5, 5.41) is 0. The van der Waals surface area contributed by atoms with Crippen LogP contribution >= 0.6 is 0 Å². The van der Waals surface area contributed by atoms with Crippen molar-refractivity contribution in [2.24, 2.45) is 0 Å². The summed E-state index contributed by atoms with van der Waals surface area (Å²) in [7, 11) is 0. The fourth-order valence-corrected chi connectivity index (χ4v) is 0.436. The Balaban J connectivity index is 3.20. The first kappa shape index (κ1) is 10.4. The SMILES string of the molecule is CCC(=O)OCOC(C)CC. The maximum atomic E-state index is 10.6. The molecule has 0 aliphatic carbocycles. The maximum absolute atomic E-state index is 10.6. The van der Waals surface area contributed by atoms with Crippen molar-refractivity contribution in [1.29, 1.82) is 0 Å². The third kappa shape index (κ3) is 5.85. The lowest BCUT2D eigenvalue weighted by molar-refractivity contribution is -0.159. The zero-order valence-electron chi connectivity index (χ0n) is 7.42. The molecule has 1 atom stereocenters. The fraction of sp³-hybridized carbons (Fsp3) is 0.875. The molecule has 0 aromatic heterocycles. The summed E-state index contributed by atoms with van der Waals surface area (Å²) in [6.07, 6.45) is 1.51. The molecule has 0 heterocycles. The zero-order valence-corrected chi connectivity index (χ0v) is 7.42. The summed E-state index contributed by atoms with van der Waals surface area (Å²) < 4.78 is 9.82. The molecule has 0 bridgehead atoms. The second-order valence-electron chi connectivity index (χ2n) is 2.37. The Hall–Kier alpha value is -0.570. The first-order valence-electron chi connectivity index (χ1n) is 3.97. The van der Waals surface area contributed by atoms with E-state index in [2.05, 4.69) is 0 Å². The van der Waals surface area contributed by atoms with Crippen molar-refractivity contribution in [2.75, 3.05) is 6.79 Å². The highest BCUT2D eigenvalue weighted by atomic mass is 16.7. The predicted molar refractivity (Wildman–Crippen MR) is 42.1 cm³/mol. The number of esters is 1. The van der Waals surface area contributed by atoms with Crippen LogP contribution in [0.4, 0.5) is 0 Å². The van der Waals surface area contributed by atoms with Crippen LogP contribution in [0.1, 0.15) is 33.6 Å². The molecular formula is C8H16O3. The average molecular weight is 160 g/mol. The van der Waals surface area contributed by atoms with Crippen LogP contribution in [0.25, 0.3) is 0 Å². The highest BCUT2D eigenvalue weighted by molar-refractivity contribution is 5.68. The molecule has 0 saturated carbocycles. The van der Waals surface area contributed by atoms with Crippen LogP contribution in [-0.2, 0) is 14.3 Å². The van der Waals surface area contributed by atoms with Gasteiger partial charge in [-0.1, -0.05) is 13.8 Å². The molecule has 0 rings (SSSR count). The lowest BCUT2D eigenvalue weighted by Gasteiger charge is -2.09. The number of hydrogen-bond donors (Lipinski definition) is 0. The van der Waals surface area contributed by atoms with Gasteiger partial charge < -0.3 is 9.47 Å². The minimum Gasteiger partial charge on any atom is -0.438 e. The van der Waals surface area contributed by atoms with Gasteiger partial charge in [0.15, 0.2) is 6.79 Å². The fourth-order valence-electron chi connectivity index (χ4n) is 0.436. The Morgan fingerprint density at radius 3 is 2.55 bits per heavy atom. The van der Waals surface area contributed by atoms with Crippen LogP contribution < -0.4 is 0 Å². The highest BCUT2D eigenvalue weighted by Crippen LogP contribution is 1.95. The summed E-state index contributed by atoms with van der Waals surface area (Å²) in [6.45, 7) is 5.80. The van der Waals surface area contributed by atoms with E-state index in [0.717, 1.165) is 6.42 Å². The Morgan fingerprint density at radius 1 is 1.45 bits per heavy atom. The van der Waals surface area contributed by atoms with E-state index in [9.17, 15) is 4.79 Å². The zero-order chi connectivity index (χ0) is 8.69. The summed E-state index contributed by atoms with van der Waals surface area (Å²) in [5.41, 5.74) is 0. The van der Waals surface area contributed by atoms with E-state index in [1.54, 1.807) is 6.92 Å². The van der Waals surface area contributed by atoms with E-state index < -0.39 is 0 Å². The molecule has 0 fully saturated rings. The molecule has 0 aliphatic heterocycles. The Kier molecular flexibility index (Phi) is 5.84. The largest absolute Gasteiger partial charge is 0.438 e. The lowest BCUT2D eigenvalue weighted by Crippen LogP contribution is -2.12. The van der Waals surface area contributed by atoms with Crippen molar-refractivity contribution in [3.63, 3.8) is 0 Å². The van der Waals surface area contributed by atoms with Gasteiger partial charge in [0.2, 0.25) is 0 Å². The minimum atomic E-state index is -0.215. The van der Waals surface area contributed by atoms with Crippen molar-refractivity contribution in [3.8, 4) is 0 Å². The van der Waals surface area contributed by atoms with E-state index in [1.807, 2.05) is 13.8 Å². The van der Waals surface area contributed by atoms with Gasteiger partial charge in [-0.05, 0) is 13.3 Å². The second-order valence-corrected chi connectivity index (χ2v) is 2.37. The van der Waals surface area contributed by atoms with E-state index >= 15 is 0 Å². The van der Waals surface area contributed by atoms with Crippen molar-refractivity contribution in [2.45, 2.75) is 39.7 Å². The van der Waals surface area contributed by atoms with Crippen molar-refractivity contribution >= 4 is 5.97 Å². The van der Waals surface area contributed by atoms with Gasteiger partial charge >= 0.3 is 5.97 Å². The van der Waals surface area contributed by atoms with Crippen molar-refractivity contribution in [1.82, 2.24) is 0 Å². The standard InChI is InChI=1S/C8H16O3/c1-4-7(3)10-6-11-8(9)5-2/h7H,4-6H2,1-3H3. The maximum Gasteiger partial charge on any atom is 0.307 e. The third-order valence-corrected chi connectivity index (χ3v) is 1.44. The summed E-state index contributed by atoms with van der Waals surface area (Å²) in [4.78, 5) is 10.6. The smallest absolute Gasteiger partial charge is 0.307 e. The molecule has 3 nitrogen and oxygen atoms in total. The molecule has 0 N–H and O–H groups in total. The number of ether oxygens (including phenoxy) is 2. The van der Waals surface area contributed by atoms with Gasteiger partial charge in [0, 0.05) is 6.42 Å². The molecule has 0 amide bonds. The van der Waals surface area contributed by atoms with Crippen LogP contribution in [-0.4, -0.2) is 18.9 Å². The minimum absolute atomic E-state index is 0.0850. The van der Waals surface area contributed by atoms with Crippen LogP contribution in [0.5, 0.6) is 0 Å². The van der Waals surface area contributed by atoms with Crippen LogP contribution in [0.2, 0.25) is 0 Å². The van der Waals surface area contributed by atoms with Gasteiger partial charge in [-0.2, -0.15) is 0 Å². The molecule has 11 heavy (non-hydrogen) atoms. The molecule has 66 valence electrons. The number of hydrogen-bond acceptors (Lipinski definition) is 3. The second kappa shape index (κ2) is 6.16. The summed E-state index contributed by atoms with van der Waals surface area (Å²) in [6, 6.07) is 0. The van der Waals surface area contributed by atoms with Crippen LogP contribution in [0, 0.1) is 0 Å². The number of rotatable bonds is 5. The van der Waals surface area contributed by atoms with E-state index in [1.165, 1.54) is 0 Å². The van der Waals surface area contributed by atoms with Crippen molar-refractivity contribution in [3.05, 3.63) is 0 Å². The van der Waals surface area contributed by atoms with Gasteiger partial charge in [0.25, 0.3) is 0 Å². The van der Waals surface area contributed by atoms with Crippen LogP contribution in [0.3, 0.4) is 0 Å². The van der Waals surface area contributed by atoms with Crippen molar-refractivity contribution < 1.29 is 14.3 Å². The Morgan fingerprint density at radius 2 is 2.09 bits per heavy atom. The van der Waals surface area contributed by atoms with E-state index in [4.69, 9.17) is 9.47 Å². The molecule has 0 aliphatic rings. The van der Waals surface area contributed by atoms with Gasteiger partial charge in [-0.25, -0.2) is 0 Å². The molecule has 1 unspecified atom stereocenters. The predicted octanol–water partition coefficient (Wildman–Crippen LogP) is 1.71. The highest BCUT2D eigenvalue weighted by Gasteiger charge is 2.00. The topological polar surface area (TPSA) is 35.5 Å². The molecule has 0 aromatic carbocycles. The van der Waals surface area contributed by atoms with E-state index in [0.29, 0.717) is 6.42 Å². The van der Waals surface area contributed by atoms with Gasteiger partial charge in [-0.3, -0.25) is 4.79 Å². The molecule has 0 saturated heterocycles. The first-order valence-corrected chi connectivity index (χ1v) is 3.97. The molecule has 0 spiro atoms. The van der Waals surface area contributed by atoms with Gasteiger partial charge in [0.05, 0.1) is 6.10 Å². The molecule has 0 radical (unpaired) electrons. The number of carbonyl (C=O) groups excluding carboxylic acids is 1. The number of carbonyl (C=O) groups is 1. The summed E-state index contributed by atoms with van der Waals surface area (Å²) in [5.74, 6) is -0.215. The van der Waals surface area contributed by atoms with Gasteiger partial charge in [0.1, 0.15) is 0 Å². The first-order chi connectivity index (χ1) is 5.20. The summed E-state index contributed by atoms with van der Waals surface area (Å²) >= 11 is 0. The van der Waals surface area contributed by atoms with Gasteiger partial charge in [-0.15, -0.1) is 0 Å². The normalized spacial score (nSPS) is 12.6. The van der Waals surface area contributed by atoms with E-state index in [-0.39, 0.29) is 18.9 Å². The molecule has 3 heteroatoms. The Bertz CT molecular complexity index is 112. The lowest BCUT2D eigenvalue weighted by atomic mass is 10.3. The molecular weight excluding hydrogens is 144 g/mol.